The quantitative estimate of drug-likeness (QED) is 0.712. The van der Waals surface area contributed by atoms with Crippen molar-refractivity contribution in [1.82, 2.24) is 5.32 Å². The minimum atomic E-state index is -0.771. The van der Waals surface area contributed by atoms with Crippen LogP contribution >= 0.6 is 0 Å². The molecule has 0 saturated carbocycles. The molecule has 0 radical (unpaired) electrons. The number of ether oxygens (including phenoxy) is 1. The first-order valence-electron chi connectivity index (χ1n) is 5.78. The Labute approximate surface area is 106 Å². The second-order valence-electron chi connectivity index (χ2n) is 3.72. The first-order valence-corrected chi connectivity index (χ1v) is 5.78. The van der Waals surface area contributed by atoms with Gasteiger partial charge in [-0.15, -0.1) is 0 Å². The van der Waals surface area contributed by atoms with Gasteiger partial charge < -0.3 is 15.2 Å². The van der Waals surface area contributed by atoms with Gasteiger partial charge in [0, 0.05) is 6.42 Å². The zero-order valence-electron chi connectivity index (χ0n) is 10.3. The lowest BCUT2D eigenvalue weighted by molar-refractivity contribution is -0.147. The predicted molar refractivity (Wildman–Crippen MR) is 65.8 cm³/mol. The third-order valence-corrected chi connectivity index (χ3v) is 2.33. The van der Waals surface area contributed by atoms with Gasteiger partial charge in [-0.1, -0.05) is 30.3 Å². The molecule has 5 heteroatoms. The van der Waals surface area contributed by atoms with E-state index in [2.05, 4.69) is 5.32 Å². The molecule has 0 bridgehead atoms. The molecule has 0 fully saturated rings. The fourth-order valence-corrected chi connectivity index (χ4v) is 1.53. The minimum absolute atomic E-state index is 0.249. The van der Waals surface area contributed by atoms with Gasteiger partial charge >= 0.3 is 5.97 Å². The standard InChI is InChI=1S/C13H17NO4/c1-2-18-13(17)11(14-12(16)9-15)8-10-6-4-3-5-7-10/h3-7,11,15H,2,8-9H2,1H3,(H,14,16)/t11-/m0/s1. The minimum Gasteiger partial charge on any atom is -0.464 e. The largest absolute Gasteiger partial charge is 0.464 e. The van der Waals surface area contributed by atoms with Crippen LogP contribution in [-0.2, 0) is 20.7 Å². The predicted octanol–water partition coefficient (Wildman–Crippen LogP) is 0.269. The van der Waals surface area contributed by atoms with Crippen molar-refractivity contribution in [2.45, 2.75) is 19.4 Å². The maximum absolute atomic E-state index is 11.7. The van der Waals surface area contributed by atoms with Gasteiger partial charge in [0.15, 0.2) is 0 Å². The number of amides is 1. The smallest absolute Gasteiger partial charge is 0.328 e. The summed E-state index contributed by atoms with van der Waals surface area (Å²) in [6, 6.07) is 8.52. The van der Waals surface area contributed by atoms with Gasteiger partial charge in [-0.05, 0) is 12.5 Å². The number of hydrogen-bond donors (Lipinski definition) is 2. The van der Waals surface area contributed by atoms with Gasteiger partial charge in [0.2, 0.25) is 5.91 Å². The molecular formula is C13H17NO4. The van der Waals surface area contributed by atoms with Crippen LogP contribution in [0.25, 0.3) is 0 Å². The van der Waals surface area contributed by atoms with Crippen molar-refractivity contribution in [1.29, 1.82) is 0 Å². The number of benzene rings is 1. The van der Waals surface area contributed by atoms with E-state index in [0.717, 1.165) is 5.56 Å². The molecule has 0 aliphatic heterocycles. The number of aliphatic hydroxyl groups is 1. The lowest BCUT2D eigenvalue weighted by Gasteiger charge is -2.16. The van der Waals surface area contributed by atoms with Gasteiger partial charge in [0.25, 0.3) is 0 Å². The van der Waals surface area contributed by atoms with E-state index in [4.69, 9.17) is 9.84 Å². The maximum atomic E-state index is 11.7. The van der Waals surface area contributed by atoms with Gasteiger partial charge in [-0.2, -0.15) is 0 Å². The molecule has 1 aromatic carbocycles. The molecule has 0 spiro atoms. The molecule has 0 aliphatic rings. The van der Waals surface area contributed by atoms with Crippen LogP contribution in [0.2, 0.25) is 0 Å². The molecular weight excluding hydrogens is 234 g/mol. The fourth-order valence-electron chi connectivity index (χ4n) is 1.53. The number of rotatable bonds is 6. The Morgan fingerprint density at radius 3 is 2.56 bits per heavy atom. The van der Waals surface area contributed by atoms with Crippen LogP contribution in [0.3, 0.4) is 0 Å². The summed E-state index contributed by atoms with van der Waals surface area (Å²) in [6.07, 6.45) is 0.339. The molecule has 5 nitrogen and oxygen atoms in total. The van der Waals surface area contributed by atoms with Gasteiger partial charge in [-0.3, -0.25) is 4.79 Å². The summed E-state index contributed by atoms with van der Waals surface area (Å²) in [5.74, 6) is -1.09. The number of hydrogen-bond acceptors (Lipinski definition) is 4. The van der Waals surface area contributed by atoms with E-state index in [0.29, 0.717) is 6.42 Å². The summed E-state index contributed by atoms with van der Waals surface area (Å²) >= 11 is 0. The Hall–Kier alpha value is -1.88. The van der Waals surface area contributed by atoms with E-state index in [-0.39, 0.29) is 6.61 Å². The fraction of sp³-hybridized carbons (Fsp3) is 0.385. The Bertz CT molecular complexity index is 391. The lowest BCUT2D eigenvalue weighted by Crippen LogP contribution is -2.44. The number of nitrogens with one attached hydrogen (secondary N) is 1. The zero-order chi connectivity index (χ0) is 13.4. The van der Waals surface area contributed by atoms with E-state index in [1.807, 2.05) is 30.3 Å². The molecule has 0 saturated heterocycles. The highest BCUT2D eigenvalue weighted by Crippen LogP contribution is 2.04. The Balaban J connectivity index is 2.71. The Morgan fingerprint density at radius 2 is 2.00 bits per heavy atom. The number of carbonyl (C=O) groups is 2. The Kier molecular flexibility index (Phi) is 5.87. The summed E-state index contributed by atoms with van der Waals surface area (Å²) in [4.78, 5) is 22.8. The highest BCUT2D eigenvalue weighted by molar-refractivity contribution is 5.85. The molecule has 1 aromatic rings. The molecule has 1 amide bonds. The SMILES string of the molecule is CCOC(=O)[C@H](Cc1ccccc1)NC(=O)CO. The lowest BCUT2D eigenvalue weighted by atomic mass is 10.1. The van der Waals surface area contributed by atoms with Crippen LogP contribution in [0, 0.1) is 0 Å². The van der Waals surface area contributed by atoms with Gasteiger partial charge in [0.1, 0.15) is 12.6 Å². The summed E-state index contributed by atoms with van der Waals surface area (Å²) < 4.78 is 4.89. The van der Waals surface area contributed by atoms with Crippen LogP contribution in [0.5, 0.6) is 0 Å². The van der Waals surface area contributed by atoms with Crippen molar-refractivity contribution in [3.8, 4) is 0 Å². The zero-order valence-corrected chi connectivity index (χ0v) is 10.3. The van der Waals surface area contributed by atoms with Crippen molar-refractivity contribution < 1.29 is 19.4 Å². The van der Waals surface area contributed by atoms with Crippen molar-refractivity contribution in [2.24, 2.45) is 0 Å². The highest BCUT2D eigenvalue weighted by atomic mass is 16.5. The first kappa shape index (κ1) is 14.2. The molecule has 0 unspecified atom stereocenters. The number of aliphatic hydroxyl groups excluding tert-OH is 1. The van der Waals surface area contributed by atoms with Crippen LogP contribution in [0.1, 0.15) is 12.5 Å². The monoisotopic (exact) mass is 251 g/mol. The van der Waals surface area contributed by atoms with Crippen molar-refractivity contribution in [3.05, 3.63) is 35.9 Å². The molecule has 0 aromatic heterocycles. The average Bonchev–Trinajstić information content (AvgIpc) is 2.39. The van der Waals surface area contributed by atoms with Gasteiger partial charge in [-0.25, -0.2) is 4.79 Å². The maximum Gasteiger partial charge on any atom is 0.328 e. The van der Waals surface area contributed by atoms with E-state index in [9.17, 15) is 9.59 Å². The van der Waals surface area contributed by atoms with Crippen molar-refractivity contribution in [3.63, 3.8) is 0 Å². The van der Waals surface area contributed by atoms with Crippen LogP contribution in [-0.4, -0.2) is 36.2 Å². The van der Waals surface area contributed by atoms with E-state index < -0.39 is 24.5 Å². The van der Waals surface area contributed by atoms with Crippen molar-refractivity contribution in [2.75, 3.05) is 13.2 Å². The summed E-state index contributed by atoms with van der Waals surface area (Å²) in [6.45, 7) is 1.30. The number of esters is 1. The first-order chi connectivity index (χ1) is 8.67. The second-order valence-corrected chi connectivity index (χ2v) is 3.72. The van der Waals surface area contributed by atoms with Crippen LogP contribution < -0.4 is 5.32 Å². The van der Waals surface area contributed by atoms with E-state index in [1.165, 1.54) is 0 Å². The average molecular weight is 251 g/mol. The van der Waals surface area contributed by atoms with E-state index in [1.54, 1.807) is 6.92 Å². The Morgan fingerprint density at radius 1 is 1.33 bits per heavy atom. The molecule has 1 rings (SSSR count). The third-order valence-electron chi connectivity index (χ3n) is 2.33. The number of carbonyl (C=O) groups excluding carboxylic acids is 2. The molecule has 0 heterocycles. The van der Waals surface area contributed by atoms with Crippen LogP contribution in [0.15, 0.2) is 30.3 Å². The summed E-state index contributed by atoms with van der Waals surface area (Å²) in [5.41, 5.74) is 0.911. The van der Waals surface area contributed by atoms with E-state index >= 15 is 0 Å². The molecule has 1 atom stereocenters. The van der Waals surface area contributed by atoms with Gasteiger partial charge in [0.05, 0.1) is 6.61 Å². The summed E-state index contributed by atoms with van der Waals surface area (Å²) in [5, 5.41) is 11.1. The molecule has 2 N–H and O–H groups in total. The van der Waals surface area contributed by atoms with Crippen molar-refractivity contribution >= 4 is 11.9 Å². The molecule has 98 valence electrons. The second kappa shape index (κ2) is 7.45. The summed E-state index contributed by atoms with van der Waals surface area (Å²) in [7, 11) is 0. The normalized spacial score (nSPS) is 11.7. The topological polar surface area (TPSA) is 75.6 Å². The highest BCUT2D eigenvalue weighted by Gasteiger charge is 2.21. The van der Waals surface area contributed by atoms with Crippen LogP contribution in [0.4, 0.5) is 0 Å². The molecule has 0 aliphatic carbocycles. The third kappa shape index (κ3) is 4.55. The molecule has 18 heavy (non-hydrogen) atoms.